The molecule has 0 saturated carbocycles. The highest BCUT2D eigenvalue weighted by Gasteiger charge is 2.64. The van der Waals surface area contributed by atoms with Gasteiger partial charge in [0.2, 0.25) is 0 Å². The molecule has 0 bridgehead atoms. The monoisotopic (exact) mass is 2020 g/mol. The lowest BCUT2D eigenvalue weighted by atomic mass is 9.49. The zero-order valence-corrected chi connectivity index (χ0v) is 75.7. The molecule has 0 unspecified atom stereocenters. The maximum atomic E-state index is 14.5. The first-order valence-corrected chi connectivity index (χ1v) is 41.4. The molecule has 0 atom stereocenters. The molecule has 0 aromatic heterocycles. The predicted octanol–water partition coefficient (Wildman–Crippen LogP) is 24.2. The van der Waals surface area contributed by atoms with Crippen LogP contribution in [-0.2, 0) is 27.9 Å². The molecular formula is C91H86B5Br5F12O10. The summed E-state index contributed by atoms with van der Waals surface area (Å²) in [5.41, 5.74) is 4.85. The normalized spacial score (nSPS) is 15.0. The zero-order valence-electron chi connectivity index (χ0n) is 67.8. The summed E-state index contributed by atoms with van der Waals surface area (Å²) in [5, 5.41) is 34.8. The van der Waals surface area contributed by atoms with E-state index in [1.165, 1.54) is 140 Å². The van der Waals surface area contributed by atoms with Crippen LogP contribution in [0.25, 0.3) is 55.6 Å². The van der Waals surface area contributed by atoms with Crippen molar-refractivity contribution in [2.75, 3.05) is 0 Å². The first-order valence-electron chi connectivity index (χ1n) is 37.4. The van der Waals surface area contributed by atoms with Gasteiger partial charge < -0.3 is 48.0 Å². The van der Waals surface area contributed by atoms with E-state index in [1.54, 1.807) is 115 Å². The Morgan fingerprint density at radius 2 is 0.504 bits per heavy atom. The lowest BCUT2D eigenvalue weighted by molar-refractivity contribution is 0.00578. The van der Waals surface area contributed by atoms with Gasteiger partial charge in [-0.15, -0.1) is 0 Å². The van der Waals surface area contributed by atoms with Crippen LogP contribution in [0.1, 0.15) is 90.5 Å². The smallest absolute Gasteiger partial charge is 0.423 e. The Bertz CT molecular complexity index is 5290. The van der Waals surface area contributed by atoms with E-state index in [-0.39, 0.29) is 93.5 Å². The Hall–Kier alpha value is -7.88. The van der Waals surface area contributed by atoms with Gasteiger partial charge in [0, 0.05) is 25.4 Å². The van der Waals surface area contributed by atoms with Crippen molar-refractivity contribution in [2.45, 2.75) is 124 Å². The van der Waals surface area contributed by atoms with Gasteiger partial charge >= 0.3 is 35.4 Å². The zero-order chi connectivity index (χ0) is 90.1. The third-order valence-corrected chi connectivity index (χ3v) is 23.2. The molecule has 3 heterocycles. The summed E-state index contributed by atoms with van der Waals surface area (Å²) >= 11 is 15.5. The van der Waals surface area contributed by atoms with Gasteiger partial charge in [-0.2, -0.15) is 0 Å². The van der Waals surface area contributed by atoms with Gasteiger partial charge in [-0.05, 0) is 326 Å². The molecule has 3 aliphatic heterocycles. The van der Waals surface area contributed by atoms with Crippen LogP contribution in [0.2, 0.25) is 0 Å². The molecule has 3 saturated heterocycles. The van der Waals surface area contributed by atoms with Crippen LogP contribution < -0.4 is 16.4 Å². The summed E-state index contributed by atoms with van der Waals surface area (Å²) in [6.07, 6.45) is 0. The molecule has 0 spiro atoms. The van der Waals surface area contributed by atoms with E-state index in [0.717, 1.165) is 32.3 Å². The second-order valence-electron chi connectivity index (χ2n) is 30.6. The number of benzene rings is 12. The highest BCUT2D eigenvalue weighted by molar-refractivity contribution is 9.11. The molecule has 12 aromatic rings. The molecule has 644 valence electrons. The number of hydrogen-bond donors (Lipinski definition) is 4. The molecule has 3 aliphatic rings. The average Bonchev–Trinajstić information content (AvgIpc) is 1.60. The van der Waals surface area contributed by atoms with E-state index in [4.69, 9.17) is 48.0 Å². The molecule has 0 aliphatic carbocycles. The van der Waals surface area contributed by atoms with Gasteiger partial charge in [0.15, 0.2) is 0 Å². The highest BCUT2D eigenvalue weighted by Crippen LogP contribution is 2.44. The van der Waals surface area contributed by atoms with Crippen molar-refractivity contribution < 1.29 is 101 Å². The van der Waals surface area contributed by atoms with E-state index >= 15 is 0 Å². The Labute approximate surface area is 753 Å². The van der Waals surface area contributed by atoms with Crippen LogP contribution in [-0.4, -0.2) is 89.1 Å². The maximum Gasteiger partial charge on any atom is 0.497 e. The second kappa shape index (κ2) is 44.5. The minimum atomic E-state index is -1.84. The minimum Gasteiger partial charge on any atom is -0.423 e. The number of halogens is 17. The van der Waals surface area contributed by atoms with E-state index in [1.807, 2.05) is 83.1 Å². The Kier molecular flexibility index (Phi) is 37.0. The lowest BCUT2D eigenvalue weighted by Crippen LogP contribution is -2.41. The van der Waals surface area contributed by atoms with Gasteiger partial charge in [0.1, 0.15) is 69.8 Å². The van der Waals surface area contributed by atoms with Gasteiger partial charge in [0.05, 0.1) is 47.0 Å². The Balaban J connectivity index is 0.000000196. The summed E-state index contributed by atoms with van der Waals surface area (Å²) in [7, 11) is -5.03. The van der Waals surface area contributed by atoms with Gasteiger partial charge in [0.25, 0.3) is 0 Å². The van der Waals surface area contributed by atoms with Crippen molar-refractivity contribution in [1.82, 2.24) is 0 Å². The van der Waals surface area contributed by atoms with Crippen molar-refractivity contribution >= 4 is 131 Å². The van der Waals surface area contributed by atoms with Crippen molar-refractivity contribution in [1.29, 1.82) is 0 Å². The quantitative estimate of drug-likeness (QED) is 0.0628. The molecule has 4 N–H and O–H groups in total. The molecule has 15 rings (SSSR count). The fourth-order valence-electron chi connectivity index (χ4n) is 11.2. The Morgan fingerprint density at radius 3 is 0.789 bits per heavy atom. The SMILES string of the molecule is C.CC1(C)OB(B2OC(C)(C)C(C)(C)O2)OC1(C)C.CC1(C)OB(c2ccc(-c3ccc(F)cc3)cc2F)OC1(C)C.Fc1cc(Br)ccc1Br.Fc1ccc(-c2ccc(Br)c(F)c2)cc1.Fc1ccc(-c2ccc(Br)c(F)c2)cc1.Fc1ccc(-c2ccc(Br)cc2F)cc1.OB(O)c1ccc(-c2ccc(F)cc2)cc1F.OB(O)c1ccc(F)cc1. The van der Waals surface area contributed by atoms with Gasteiger partial charge in [-0.1, -0.05) is 155 Å². The molecule has 10 nitrogen and oxygen atoms in total. The molecule has 0 amide bonds. The summed E-state index contributed by atoms with van der Waals surface area (Å²) < 4.78 is 195. The van der Waals surface area contributed by atoms with Crippen LogP contribution >= 0.6 is 79.6 Å². The maximum absolute atomic E-state index is 14.5. The van der Waals surface area contributed by atoms with Crippen LogP contribution in [0.5, 0.6) is 0 Å². The first-order chi connectivity index (χ1) is 57.0. The second-order valence-corrected chi connectivity index (χ2v) is 35.0. The third kappa shape index (κ3) is 28.8. The number of hydrogen-bond acceptors (Lipinski definition) is 10. The summed E-state index contributed by atoms with van der Waals surface area (Å²) in [5.74, 6) is -4.30. The standard InChI is InChI=1S/C18H19BF2O2.C12H24B2O4.C12H9BF2O2.3C12H7BrF2.C6H6BFO2.C6H3Br2F.CH4/c1-17(2)18(3,4)23-19(22-17)15-10-7-13(11-16(15)21)12-5-8-14(20)9-6-12;1-9(2)10(3,4)16-13(15-9)14-17-11(5,6)12(7,8)18-14;14-10-4-1-8(2-5-10)9-3-6-11(13(16)17)12(15)7-9;13-9-3-6-11(12(15)7-9)8-1-4-10(14)5-2-8;2*13-11-6-3-9(7-12(11)15)8-1-4-10(14)5-2-8;8-6-3-1-5(2-4-6)7(9)10;7-4-1-2-5(8)6(9)3-4;/h5-11H,1-4H3;1-8H3;1-7,16-17H;3*1-7H;1-4,9-10H;1-3H;1H4. The average molecular weight is 2020 g/mol. The Morgan fingerprint density at radius 1 is 0.252 bits per heavy atom. The topological polar surface area (TPSA) is 136 Å². The van der Waals surface area contributed by atoms with E-state index in [0.29, 0.717) is 56.6 Å². The lowest BCUT2D eigenvalue weighted by Gasteiger charge is -2.32. The molecule has 123 heavy (non-hydrogen) atoms. The van der Waals surface area contributed by atoms with Crippen LogP contribution in [0.4, 0.5) is 52.7 Å². The highest BCUT2D eigenvalue weighted by atomic mass is 79.9. The molecule has 12 aromatic carbocycles. The van der Waals surface area contributed by atoms with E-state index in [9.17, 15) is 52.7 Å². The number of rotatable bonds is 9. The summed E-state index contributed by atoms with van der Waals surface area (Å²) in [6, 6.07) is 62.4. The largest absolute Gasteiger partial charge is 0.497 e. The van der Waals surface area contributed by atoms with Crippen LogP contribution in [0.3, 0.4) is 0 Å². The van der Waals surface area contributed by atoms with Crippen molar-refractivity contribution in [3.8, 4) is 55.6 Å². The fraction of sp³-hybridized carbons (Fsp3) is 0.209. The molecular weight excluding hydrogens is 1930 g/mol. The first kappa shape index (κ1) is 102. The van der Waals surface area contributed by atoms with E-state index in [2.05, 4.69) is 79.6 Å². The van der Waals surface area contributed by atoms with Gasteiger partial charge in [-0.25, -0.2) is 52.7 Å². The molecule has 32 heteroatoms. The summed E-state index contributed by atoms with van der Waals surface area (Å²) in [4.78, 5) is 0. The van der Waals surface area contributed by atoms with Crippen LogP contribution in [0, 0.1) is 69.8 Å². The van der Waals surface area contributed by atoms with Gasteiger partial charge in [-0.3, -0.25) is 0 Å². The third-order valence-electron chi connectivity index (χ3n) is 20.2. The summed E-state index contributed by atoms with van der Waals surface area (Å²) in [6.45, 7) is 23.9. The molecule has 0 radical (unpaired) electrons. The van der Waals surface area contributed by atoms with E-state index < -0.39 is 58.2 Å². The van der Waals surface area contributed by atoms with Crippen molar-refractivity contribution in [3.05, 3.63) is 347 Å². The molecule has 3 fully saturated rings. The van der Waals surface area contributed by atoms with Crippen molar-refractivity contribution in [3.63, 3.8) is 0 Å². The fourth-order valence-corrected chi connectivity index (χ4v) is 12.6. The minimum absolute atomic E-state index is 0. The van der Waals surface area contributed by atoms with Crippen molar-refractivity contribution in [2.24, 2.45) is 0 Å². The van der Waals surface area contributed by atoms with Crippen LogP contribution in [0.15, 0.2) is 277 Å². The predicted molar refractivity (Wildman–Crippen MR) is 485 cm³/mol.